The highest BCUT2D eigenvalue weighted by molar-refractivity contribution is 9.09. The quantitative estimate of drug-likeness (QED) is 0.476. The van der Waals surface area contributed by atoms with Crippen molar-refractivity contribution in [2.24, 2.45) is 0 Å². The molecule has 1 rings (SSSR count). The maximum Gasteiger partial charge on any atom is 0.311 e. The van der Waals surface area contributed by atoms with Crippen molar-refractivity contribution in [3.8, 4) is 5.75 Å². The minimum Gasteiger partial charge on any atom is -0.487 e. The Hall–Kier alpha value is -1.43. The predicted molar refractivity (Wildman–Crippen MR) is 66.6 cm³/mol. The van der Waals surface area contributed by atoms with Crippen molar-refractivity contribution in [3.63, 3.8) is 0 Å². The van der Waals surface area contributed by atoms with E-state index in [9.17, 15) is 14.9 Å². The van der Waals surface area contributed by atoms with Crippen molar-refractivity contribution in [3.05, 3.63) is 33.9 Å². The van der Waals surface area contributed by atoms with E-state index in [2.05, 4.69) is 15.9 Å². The Labute approximate surface area is 107 Å². The number of carbonyl (C=O) groups is 1. The van der Waals surface area contributed by atoms with Crippen molar-refractivity contribution >= 4 is 27.4 Å². The summed E-state index contributed by atoms with van der Waals surface area (Å²) in [6.45, 7) is 3.45. The largest absolute Gasteiger partial charge is 0.487 e. The second-order valence-corrected chi connectivity index (χ2v) is 4.27. The van der Waals surface area contributed by atoms with Gasteiger partial charge in [0.15, 0.2) is 0 Å². The molecule has 0 radical (unpaired) electrons. The van der Waals surface area contributed by atoms with Crippen LogP contribution in [-0.2, 0) is 4.79 Å². The fourth-order valence-corrected chi connectivity index (χ4v) is 1.77. The summed E-state index contributed by atoms with van der Waals surface area (Å²) >= 11 is 3.20. The number of Topliss-reactive ketones (excluding diaryl/α,β-unsaturated/α-hetero) is 1. The molecule has 0 amide bonds. The van der Waals surface area contributed by atoms with E-state index < -0.39 is 9.75 Å². The van der Waals surface area contributed by atoms with Gasteiger partial charge in [-0.25, -0.2) is 0 Å². The Balaban J connectivity index is 3.33. The number of carbonyl (C=O) groups excluding carboxylic acids is 1. The Morgan fingerprint density at radius 3 is 2.71 bits per heavy atom. The van der Waals surface area contributed by atoms with Crippen LogP contribution < -0.4 is 4.74 Å². The van der Waals surface area contributed by atoms with Gasteiger partial charge in [0, 0.05) is 11.6 Å². The van der Waals surface area contributed by atoms with Gasteiger partial charge in [0.25, 0.3) is 0 Å². The molecule has 0 aliphatic rings. The Morgan fingerprint density at radius 2 is 2.24 bits per heavy atom. The second-order valence-electron chi connectivity index (χ2n) is 3.36. The molecule has 92 valence electrons. The number of para-hydroxylation sites is 1. The summed E-state index contributed by atoms with van der Waals surface area (Å²) in [6.07, 6.45) is 0. The van der Waals surface area contributed by atoms with Crippen LogP contribution in [-0.4, -0.2) is 17.3 Å². The lowest BCUT2D eigenvalue weighted by Gasteiger charge is -2.12. The number of nitrogens with zero attached hydrogens (tertiary/aromatic N) is 1. The van der Waals surface area contributed by atoms with E-state index in [1.54, 1.807) is 13.0 Å². The summed E-state index contributed by atoms with van der Waals surface area (Å²) in [5.74, 6) is 0.0172. The van der Waals surface area contributed by atoms with Gasteiger partial charge in [0.1, 0.15) is 10.6 Å². The van der Waals surface area contributed by atoms with Crippen LogP contribution >= 0.6 is 15.9 Å². The smallest absolute Gasteiger partial charge is 0.311 e. The number of alkyl halides is 1. The predicted octanol–water partition coefficient (Wildman–Crippen LogP) is 3.02. The first-order valence-corrected chi connectivity index (χ1v) is 5.95. The highest BCUT2D eigenvalue weighted by Gasteiger charge is 2.24. The van der Waals surface area contributed by atoms with Gasteiger partial charge in [0.05, 0.1) is 11.5 Å². The minimum absolute atomic E-state index is 0.130. The third-order valence-corrected chi connectivity index (χ3v) is 3.28. The zero-order chi connectivity index (χ0) is 13.0. The number of ether oxygens (including phenoxy) is 1. The van der Waals surface area contributed by atoms with Crippen LogP contribution in [0.15, 0.2) is 18.2 Å². The Bertz CT molecular complexity index is 447. The molecule has 1 aromatic rings. The van der Waals surface area contributed by atoms with Crippen LogP contribution in [0.4, 0.5) is 5.69 Å². The second kappa shape index (κ2) is 5.77. The average Bonchev–Trinajstić information content (AvgIpc) is 2.28. The lowest BCUT2D eigenvalue weighted by Crippen LogP contribution is -2.06. The van der Waals surface area contributed by atoms with Crippen LogP contribution in [0.5, 0.6) is 5.75 Å². The summed E-state index contributed by atoms with van der Waals surface area (Å²) in [4.78, 5) is 21.1. The van der Waals surface area contributed by atoms with E-state index in [1.165, 1.54) is 19.1 Å². The van der Waals surface area contributed by atoms with Crippen LogP contribution in [0, 0.1) is 10.1 Å². The first kappa shape index (κ1) is 13.6. The third-order valence-electron chi connectivity index (χ3n) is 2.14. The van der Waals surface area contributed by atoms with E-state index in [0.717, 1.165) is 0 Å². The molecule has 0 aliphatic heterocycles. The van der Waals surface area contributed by atoms with Crippen molar-refractivity contribution in [2.75, 3.05) is 6.61 Å². The van der Waals surface area contributed by atoms with E-state index in [1.807, 2.05) is 0 Å². The number of halogens is 1. The van der Waals surface area contributed by atoms with Gasteiger partial charge in [-0.1, -0.05) is 28.1 Å². The van der Waals surface area contributed by atoms with Crippen LogP contribution in [0.25, 0.3) is 0 Å². The molecule has 6 heteroatoms. The molecule has 0 bridgehead atoms. The van der Waals surface area contributed by atoms with Gasteiger partial charge >= 0.3 is 5.69 Å². The molecular weight excluding hydrogens is 290 g/mol. The van der Waals surface area contributed by atoms with Gasteiger partial charge in [0.2, 0.25) is 5.75 Å². The Morgan fingerprint density at radius 1 is 1.59 bits per heavy atom. The maximum absolute atomic E-state index is 11.3. The van der Waals surface area contributed by atoms with Crippen molar-refractivity contribution in [1.29, 1.82) is 0 Å². The van der Waals surface area contributed by atoms with E-state index >= 15 is 0 Å². The summed E-state index contributed by atoms with van der Waals surface area (Å²) in [5, 5.41) is 10.9. The van der Waals surface area contributed by atoms with Gasteiger partial charge < -0.3 is 4.74 Å². The molecule has 0 fully saturated rings. The zero-order valence-electron chi connectivity index (χ0n) is 9.47. The summed E-state index contributed by atoms with van der Waals surface area (Å²) in [5.41, 5.74) is 0.351. The molecule has 0 N–H and O–H groups in total. The van der Waals surface area contributed by atoms with Gasteiger partial charge in [-0.3, -0.25) is 14.9 Å². The van der Waals surface area contributed by atoms with Crippen molar-refractivity contribution in [2.45, 2.75) is 18.7 Å². The van der Waals surface area contributed by atoms with E-state index in [0.29, 0.717) is 12.2 Å². The minimum atomic E-state index is -0.594. The van der Waals surface area contributed by atoms with Crippen molar-refractivity contribution in [1.82, 2.24) is 0 Å². The number of nitro groups is 1. The van der Waals surface area contributed by atoms with Crippen molar-refractivity contribution < 1.29 is 14.5 Å². The first-order chi connectivity index (χ1) is 7.99. The average molecular weight is 302 g/mol. The molecule has 0 spiro atoms. The number of ketones is 1. The van der Waals surface area contributed by atoms with Crippen LogP contribution in [0.3, 0.4) is 0 Å². The van der Waals surface area contributed by atoms with E-state index in [-0.39, 0.29) is 17.2 Å². The number of hydrogen-bond donors (Lipinski definition) is 0. The third kappa shape index (κ3) is 3.03. The molecule has 0 saturated heterocycles. The first-order valence-electron chi connectivity index (χ1n) is 5.03. The highest BCUT2D eigenvalue weighted by atomic mass is 79.9. The van der Waals surface area contributed by atoms with Crippen LogP contribution in [0.2, 0.25) is 0 Å². The molecule has 1 atom stereocenters. The van der Waals surface area contributed by atoms with Gasteiger partial charge in [-0.2, -0.15) is 0 Å². The lowest BCUT2D eigenvalue weighted by atomic mass is 10.1. The number of benzene rings is 1. The van der Waals surface area contributed by atoms with Gasteiger partial charge in [-0.05, 0) is 13.8 Å². The SMILES string of the molecule is CCOc1c(C(Br)C(C)=O)cccc1[N+](=O)[O-]. The van der Waals surface area contributed by atoms with Crippen LogP contribution in [0.1, 0.15) is 24.2 Å². The molecule has 17 heavy (non-hydrogen) atoms. The number of hydrogen-bond acceptors (Lipinski definition) is 4. The topological polar surface area (TPSA) is 69.4 Å². The molecule has 5 nitrogen and oxygen atoms in total. The van der Waals surface area contributed by atoms with Gasteiger partial charge in [-0.15, -0.1) is 0 Å². The normalized spacial score (nSPS) is 11.9. The molecule has 0 aliphatic carbocycles. The molecule has 1 aromatic carbocycles. The molecule has 1 unspecified atom stereocenters. The molecule has 0 heterocycles. The zero-order valence-corrected chi connectivity index (χ0v) is 11.1. The molecule has 0 aromatic heterocycles. The maximum atomic E-state index is 11.3. The summed E-state index contributed by atoms with van der Waals surface area (Å²) < 4.78 is 5.28. The Kier molecular flexibility index (Phi) is 4.62. The summed E-state index contributed by atoms with van der Waals surface area (Å²) in [7, 11) is 0. The number of rotatable bonds is 5. The fraction of sp³-hybridized carbons (Fsp3) is 0.364. The fourth-order valence-electron chi connectivity index (χ4n) is 1.41. The van der Waals surface area contributed by atoms with E-state index in [4.69, 9.17) is 4.74 Å². The number of nitro benzene ring substituents is 1. The lowest BCUT2D eigenvalue weighted by molar-refractivity contribution is -0.385. The monoisotopic (exact) mass is 301 g/mol. The molecule has 0 saturated carbocycles. The summed E-state index contributed by atoms with van der Waals surface area (Å²) in [6, 6.07) is 4.53. The molecular formula is C11H12BrNO4. The highest BCUT2D eigenvalue weighted by Crippen LogP contribution is 2.38. The standard InChI is InChI=1S/C11H12BrNO4/c1-3-17-11-8(10(12)7(2)14)5-4-6-9(11)13(15)16/h4-6,10H,3H2,1-2H3.